The number of aryl methyl sites for hydroxylation is 1. The molecule has 0 unspecified atom stereocenters. The van der Waals surface area contributed by atoms with Gasteiger partial charge in [-0.3, -0.25) is 0 Å². The zero-order chi connectivity index (χ0) is 15.9. The van der Waals surface area contributed by atoms with Gasteiger partial charge in [0.25, 0.3) is 0 Å². The molecule has 0 spiro atoms. The summed E-state index contributed by atoms with van der Waals surface area (Å²) in [5, 5.41) is 6.81. The van der Waals surface area contributed by atoms with Crippen LogP contribution < -0.4 is 10.6 Å². The second-order valence-electron chi connectivity index (χ2n) is 5.22. The molecular weight excluding hydrogens is 300 g/mol. The van der Waals surface area contributed by atoms with Gasteiger partial charge in [0.2, 0.25) is 0 Å². The fraction of sp³-hybridized carbons (Fsp3) is 0.500. The van der Waals surface area contributed by atoms with Crippen LogP contribution in [0, 0.1) is 6.92 Å². The molecule has 1 saturated heterocycles. The Labute approximate surface area is 136 Å². The lowest BCUT2D eigenvalue weighted by Gasteiger charge is -2.15. The standard InChI is InChI=1S/C16H22N2O3S/c1-3-20-15(19)12-7-6-11(2)14(9-12)18-16(22)17-10-13-5-4-8-21-13/h6-7,9,13H,3-5,8,10H2,1-2H3,(H2,17,18,22)/t13-/m0/s1. The highest BCUT2D eigenvalue weighted by Gasteiger charge is 2.15. The zero-order valence-corrected chi connectivity index (χ0v) is 13.8. The Morgan fingerprint density at radius 3 is 3.00 bits per heavy atom. The number of carbonyl (C=O) groups excluding carboxylic acids is 1. The van der Waals surface area contributed by atoms with Gasteiger partial charge in [0.15, 0.2) is 5.11 Å². The van der Waals surface area contributed by atoms with Crippen molar-refractivity contribution in [3.63, 3.8) is 0 Å². The number of hydrogen-bond donors (Lipinski definition) is 2. The van der Waals surface area contributed by atoms with E-state index < -0.39 is 0 Å². The van der Waals surface area contributed by atoms with Gasteiger partial charge in [0, 0.05) is 18.8 Å². The lowest BCUT2D eigenvalue weighted by atomic mass is 10.1. The fourth-order valence-corrected chi connectivity index (χ4v) is 2.47. The summed E-state index contributed by atoms with van der Waals surface area (Å²) in [5.41, 5.74) is 2.32. The van der Waals surface area contributed by atoms with Crippen LogP contribution in [0.25, 0.3) is 0 Å². The van der Waals surface area contributed by atoms with Crippen LogP contribution in [0.15, 0.2) is 18.2 Å². The minimum absolute atomic E-state index is 0.228. The summed E-state index contributed by atoms with van der Waals surface area (Å²) in [6.07, 6.45) is 2.40. The molecule has 1 fully saturated rings. The molecule has 0 amide bonds. The van der Waals surface area contributed by atoms with E-state index in [0.29, 0.717) is 23.8 Å². The number of ether oxygens (including phenoxy) is 2. The topological polar surface area (TPSA) is 59.6 Å². The molecule has 0 saturated carbocycles. The van der Waals surface area contributed by atoms with Crippen LogP contribution in [0.3, 0.4) is 0 Å². The molecule has 1 aromatic carbocycles. The predicted molar refractivity (Wildman–Crippen MR) is 90.3 cm³/mol. The highest BCUT2D eigenvalue weighted by Crippen LogP contribution is 2.18. The van der Waals surface area contributed by atoms with E-state index in [1.54, 1.807) is 19.1 Å². The van der Waals surface area contributed by atoms with Gasteiger partial charge in [-0.05, 0) is 56.6 Å². The average molecular weight is 322 g/mol. The maximum Gasteiger partial charge on any atom is 0.338 e. The third-order valence-corrected chi connectivity index (χ3v) is 3.76. The van der Waals surface area contributed by atoms with Crippen LogP contribution in [-0.4, -0.2) is 36.9 Å². The summed E-state index contributed by atoms with van der Waals surface area (Å²) in [4.78, 5) is 11.8. The molecule has 1 aromatic rings. The molecule has 0 aliphatic carbocycles. The number of rotatable bonds is 5. The zero-order valence-electron chi connectivity index (χ0n) is 13.0. The van der Waals surface area contributed by atoms with Gasteiger partial charge in [-0.15, -0.1) is 0 Å². The fourth-order valence-electron chi connectivity index (χ4n) is 2.28. The van der Waals surface area contributed by atoms with Crippen LogP contribution >= 0.6 is 12.2 Å². The van der Waals surface area contributed by atoms with Crippen molar-refractivity contribution in [3.05, 3.63) is 29.3 Å². The Kier molecular flexibility index (Phi) is 6.15. The normalized spacial score (nSPS) is 17.1. The van der Waals surface area contributed by atoms with Crippen LogP contribution in [0.2, 0.25) is 0 Å². The second kappa shape index (κ2) is 8.10. The van der Waals surface area contributed by atoms with Gasteiger partial charge in [0.05, 0.1) is 18.3 Å². The van der Waals surface area contributed by atoms with E-state index in [4.69, 9.17) is 21.7 Å². The molecule has 1 atom stereocenters. The Morgan fingerprint density at radius 1 is 1.50 bits per heavy atom. The molecule has 2 N–H and O–H groups in total. The number of anilines is 1. The first-order valence-corrected chi connectivity index (χ1v) is 7.95. The lowest BCUT2D eigenvalue weighted by Crippen LogP contribution is -2.35. The Bertz CT molecular complexity index is 542. The lowest BCUT2D eigenvalue weighted by molar-refractivity contribution is 0.0526. The van der Waals surface area contributed by atoms with Crippen molar-refractivity contribution in [3.8, 4) is 0 Å². The van der Waals surface area contributed by atoms with E-state index in [1.807, 2.05) is 13.0 Å². The maximum absolute atomic E-state index is 11.8. The van der Waals surface area contributed by atoms with Crippen molar-refractivity contribution in [2.75, 3.05) is 25.1 Å². The number of esters is 1. The van der Waals surface area contributed by atoms with E-state index in [0.717, 1.165) is 30.7 Å². The second-order valence-corrected chi connectivity index (χ2v) is 5.63. The number of benzene rings is 1. The molecule has 1 heterocycles. The van der Waals surface area contributed by atoms with Gasteiger partial charge >= 0.3 is 5.97 Å². The van der Waals surface area contributed by atoms with Crippen LogP contribution in [0.4, 0.5) is 5.69 Å². The predicted octanol–water partition coefficient (Wildman–Crippen LogP) is 2.64. The summed E-state index contributed by atoms with van der Waals surface area (Å²) >= 11 is 5.30. The molecule has 0 aromatic heterocycles. The van der Waals surface area contributed by atoms with Crippen molar-refractivity contribution in [1.29, 1.82) is 0 Å². The Balaban J connectivity index is 1.93. The quantitative estimate of drug-likeness (QED) is 0.642. The van der Waals surface area contributed by atoms with E-state index >= 15 is 0 Å². The van der Waals surface area contributed by atoms with Crippen molar-refractivity contribution >= 4 is 29.0 Å². The summed E-state index contributed by atoms with van der Waals surface area (Å²) in [6.45, 7) is 5.63. The molecule has 1 aliphatic heterocycles. The highest BCUT2D eigenvalue weighted by molar-refractivity contribution is 7.80. The molecule has 1 aliphatic rings. The van der Waals surface area contributed by atoms with Gasteiger partial charge in [-0.1, -0.05) is 6.07 Å². The molecule has 0 bridgehead atoms. The number of carbonyl (C=O) groups is 1. The van der Waals surface area contributed by atoms with Crippen molar-refractivity contribution < 1.29 is 14.3 Å². The third-order valence-electron chi connectivity index (χ3n) is 3.51. The van der Waals surface area contributed by atoms with Crippen molar-refractivity contribution in [1.82, 2.24) is 5.32 Å². The maximum atomic E-state index is 11.8. The van der Waals surface area contributed by atoms with E-state index in [9.17, 15) is 4.79 Å². The first-order chi connectivity index (χ1) is 10.6. The first kappa shape index (κ1) is 16.7. The van der Waals surface area contributed by atoms with Crippen LogP contribution in [0.5, 0.6) is 0 Å². The monoisotopic (exact) mass is 322 g/mol. The van der Waals surface area contributed by atoms with E-state index in [2.05, 4.69) is 10.6 Å². The van der Waals surface area contributed by atoms with E-state index in [-0.39, 0.29) is 12.1 Å². The van der Waals surface area contributed by atoms with Crippen molar-refractivity contribution in [2.24, 2.45) is 0 Å². The number of hydrogen-bond acceptors (Lipinski definition) is 4. The first-order valence-electron chi connectivity index (χ1n) is 7.54. The molecule has 120 valence electrons. The largest absolute Gasteiger partial charge is 0.462 e. The third kappa shape index (κ3) is 4.68. The van der Waals surface area contributed by atoms with Gasteiger partial charge in [-0.2, -0.15) is 0 Å². The number of thiocarbonyl (C=S) groups is 1. The Hall–Kier alpha value is -1.66. The smallest absolute Gasteiger partial charge is 0.338 e. The molecule has 6 heteroatoms. The van der Waals surface area contributed by atoms with Crippen molar-refractivity contribution in [2.45, 2.75) is 32.8 Å². The van der Waals surface area contributed by atoms with Gasteiger partial charge in [0.1, 0.15) is 0 Å². The van der Waals surface area contributed by atoms with Gasteiger partial charge < -0.3 is 20.1 Å². The summed E-state index contributed by atoms with van der Waals surface area (Å²) in [6, 6.07) is 5.38. The minimum atomic E-state index is -0.330. The highest BCUT2D eigenvalue weighted by atomic mass is 32.1. The molecule has 5 nitrogen and oxygen atoms in total. The SMILES string of the molecule is CCOC(=O)c1ccc(C)c(NC(=S)NC[C@@H]2CCCO2)c1. The van der Waals surface area contributed by atoms with E-state index in [1.165, 1.54) is 0 Å². The van der Waals surface area contributed by atoms with Crippen LogP contribution in [-0.2, 0) is 9.47 Å². The molecule has 0 radical (unpaired) electrons. The number of nitrogens with one attached hydrogen (secondary N) is 2. The minimum Gasteiger partial charge on any atom is -0.462 e. The Morgan fingerprint density at radius 2 is 2.32 bits per heavy atom. The molecule has 2 rings (SSSR count). The van der Waals surface area contributed by atoms with Gasteiger partial charge in [-0.25, -0.2) is 4.79 Å². The summed E-state index contributed by atoms with van der Waals surface area (Å²) in [7, 11) is 0. The summed E-state index contributed by atoms with van der Waals surface area (Å²) in [5.74, 6) is -0.330. The van der Waals surface area contributed by atoms with Crippen LogP contribution in [0.1, 0.15) is 35.7 Å². The molecule has 22 heavy (non-hydrogen) atoms. The molecular formula is C16H22N2O3S. The average Bonchev–Trinajstić information content (AvgIpc) is 3.01. The summed E-state index contributed by atoms with van der Waals surface area (Å²) < 4.78 is 10.6.